The fourth-order valence-corrected chi connectivity index (χ4v) is 5.25. The lowest BCUT2D eigenvalue weighted by Gasteiger charge is -2.24. The maximum Gasteiger partial charge on any atom is 0.407 e. The summed E-state index contributed by atoms with van der Waals surface area (Å²) in [5, 5.41) is 14.9. The summed E-state index contributed by atoms with van der Waals surface area (Å²) in [5.41, 5.74) is 4.55. The lowest BCUT2D eigenvalue weighted by molar-refractivity contribution is -0.143. The summed E-state index contributed by atoms with van der Waals surface area (Å²) >= 11 is 0. The van der Waals surface area contributed by atoms with Crippen molar-refractivity contribution in [2.24, 2.45) is 17.8 Å². The molecule has 7 heteroatoms. The second-order valence-corrected chi connectivity index (χ2v) is 9.57. The molecule has 0 radical (unpaired) electrons. The third-order valence-corrected chi connectivity index (χ3v) is 7.08. The Balaban J connectivity index is 1.35. The number of aliphatic carboxylic acids is 1. The minimum Gasteiger partial charge on any atom is -0.481 e. The molecule has 0 spiro atoms. The molecule has 0 saturated heterocycles. The van der Waals surface area contributed by atoms with Crippen molar-refractivity contribution < 1.29 is 24.2 Å². The van der Waals surface area contributed by atoms with Gasteiger partial charge in [-0.2, -0.15) is 0 Å². The molecule has 0 aromatic heterocycles. The van der Waals surface area contributed by atoms with E-state index in [4.69, 9.17) is 4.74 Å². The smallest absolute Gasteiger partial charge is 0.407 e. The third-order valence-electron chi connectivity index (χ3n) is 7.08. The Bertz CT molecular complexity index is 1020. The van der Waals surface area contributed by atoms with Gasteiger partial charge in [0.05, 0.1) is 5.92 Å². The molecule has 2 amide bonds. The number of nitrogens with one attached hydrogen (secondary N) is 2. The second kappa shape index (κ2) is 10.3. The number of carbonyl (C=O) groups is 3. The number of rotatable bonds is 8. The molecular formula is C27H32N2O5. The van der Waals surface area contributed by atoms with Gasteiger partial charge in [-0.3, -0.25) is 9.59 Å². The van der Waals surface area contributed by atoms with E-state index in [1.807, 2.05) is 38.1 Å². The molecule has 34 heavy (non-hydrogen) atoms. The summed E-state index contributed by atoms with van der Waals surface area (Å²) in [6.45, 7) is 4.17. The lowest BCUT2D eigenvalue weighted by Crippen LogP contribution is -2.51. The average Bonchev–Trinajstić information content (AvgIpc) is 3.42. The maximum atomic E-state index is 12.8. The molecule has 3 unspecified atom stereocenters. The van der Waals surface area contributed by atoms with Gasteiger partial charge in [-0.1, -0.05) is 68.8 Å². The van der Waals surface area contributed by atoms with Gasteiger partial charge in [0.15, 0.2) is 0 Å². The minimum atomic E-state index is -0.811. The van der Waals surface area contributed by atoms with Crippen molar-refractivity contribution in [3.05, 3.63) is 59.7 Å². The van der Waals surface area contributed by atoms with Crippen molar-refractivity contribution in [2.75, 3.05) is 13.2 Å². The molecule has 2 aliphatic rings. The van der Waals surface area contributed by atoms with Crippen LogP contribution in [0.1, 0.15) is 50.2 Å². The van der Waals surface area contributed by atoms with Gasteiger partial charge in [-0.25, -0.2) is 4.79 Å². The number of alkyl carbamates (subject to hydrolysis) is 1. The Morgan fingerprint density at radius 3 is 2.21 bits per heavy atom. The lowest BCUT2D eigenvalue weighted by atomic mass is 9.96. The summed E-state index contributed by atoms with van der Waals surface area (Å²) in [7, 11) is 0. The van der Waals surface area contributed by atoms with Crippen LogP contribution in [0.3, 0.4) is 0 Å². The van der Waals surface area contributed by atoms with Crippen LogP contribution in [0.5, 0.6) is 0 Å². The number of fused-ring (bicyclic) bond motifs is 3. The standard InChI is InChI=1S/C27H32N2O5/c1-16(2)24(25(30)28-14-17-8-7-13-18(17)26(31)32)29-27(33)34-15-23-21-11-5-3-9-19(21)20-10-4-6-12-22(20)23/h3-6,9-12,16-18,23-24H,7-8,13-15H2,1-2H3,(H,28,30)(H,29,33)(H,31,32). The highest BCUT2D eigenvalue weighted by atomic mass is 16.5. The molecule has 0 aliphatic heterocycles. The van der Waals surface area contributed by atoms with Crippen molar-refractivity contribution in [3.63, 3.8) is 0 Å². The van der Waals surface area contributed by atoms with Crippen LogP contribution in [-0.2, 0) is 14.3 Å². The van der Waals surface area contributed by atoms with Gasteiger partial charge in [-0.15, -0.1) is 0 Å². The monoisotopic (exact) mass is 464 g/mol. The number of carboxylic acid groups (broad SMARTS) is 1. The number of benzene rings is 2. The molecule has 3 N–H and O–H groups in total. The predicted molar refractivity (Wildman–Crippen MR) is 128 cm³/mol. The Kier molecular flexibility index (Phi) is 7.20. The topological polar surface area (TPSA) is 105 Å². The van der Waals surface area contributed by atoms with Crippen molar-refractivity contribution in [1.29, 1.82) is 0 Å². The van der Waals surface area contributed by atoms with Crippen LogP contribution < -0.4 is 10.6 Å². The first-order valence-corrected chi connectivity index (χ1v) is 12.0. The summed E-state index contributed by atoms with van der Waals surface area (Å²) in [6, 6.07) is 15.5. The largest absolute Gasteiger partial charge is 0.481 e. The van der Waals surface area contributed by atoms with Gasteiger partial charge < -0.3 is 20.5 Å². The van der Waals surface area contributed by atoms with Gasteiger partial charge in [0.1, 0.15) is 12.6 Å². The zero-order chi connectivity index (χ0) is 24.2. The van der Waals surface area contributed by atoms with Gasteiger partial charge in [0, 0.05) is 12.5 Å². The van der Waals surface area contributed by atoms with E-state index in [0.717, 1.165) is 35.1 Å². The molecule has 180 valence electrons. The second-order valence-electron chi connectivity index (χ2n) is 9.57. The van der Waals surface area contributed by atoms with Gasteiger partial charge in [0.25, 0.3) is 0 Å². The van der Waals surface area contributed by atoms with E-state index in [1.54, 1.807) is 0 Å². The van der Waals surface area contributed by atoms with Gasteiger partial charge >= 0.3 is 12.1 Å². The molecule has 2 aromatic carbocycles. The van der Waals surface area contributed by atoms with E-state index in [-0.39, 0.29) is 30.3 Å². The Morgan fingerprint density at radius 1 is 1.00 bits per heavy atom. The quantitative estimate of drug-likeness (QED) is 0.544. The van der Waals surface area contributed by atoms with E-state index >= 15 is 0 Å². The fraction of sp³-hybridized carbons (Fsp3) is 0.444. The fourth-order valence-electron chi connectivity index (χ4n) is 5.25. The highest BCUT2D eigenvalue weighted by molar-refractivity contribution is 5.86. The summed E-state index contributed by atoms with van der Waals surface area (Å²) in [5.74, 6) is -1.84. The zero-order valence-corrected chi connectivity index (χ0v) is 19.6. The van der Waals surface area contributed by atoms with Crippen LogP contribution in [0.25, 0.3) is 11.1 Å². The molecule has 1 saturated carbocycles. The number of ether oxygens (including phenoxy) is 1. The van der Waals surface area contributed by atoms with Crippen LogP contribution in [-0.4, -0.2) is 42.3 Å². The Labute approximate surface area is 199 Å². The first-order chi connectivity index (χ1) is 16.4. The first-order valence-electron chi connectivity index (χ1n) is 12.0. The number of carbonyl (C=O) groups excluding carboxylic acids is 2. The average molecular weight is 465 g/mol. The zero-order valence-electron chi connectivity index (χ0n) is 19.6. The van der Waals surface area contributed by atoms with E-state index in [0.29, 0.717) is 13.0 Å². The van der Waals surface area contributed by atoms with Crippen LogP contribution in [0.15, 0.2) is 48.5 Å². The molecular weight excluding hydrogens is 432 g/mol. The van der Waals surface area contributed by atoms with E-state index in [1.165, 1.54) is 0 Å². The van der Waals surface area contributed by atoms with Crippen LogP contribution >= 0.6 is 0 Å². The predicted octanol–water partition coefficient (Wildman–Crippen LogP) is 4.17. The van der Waals surface area contributed by atoms with Crippen molar-refractivity contribution in [3.8, 4) is 11.1 Å². The SMILES string of the molecule is CC(C)C(NC(=O)OCC1c2ccccc2-c2ccccc21)C(=O)NCC1CCCC1C(=O)O. The molecule has 2 aliphatic carbocycles. The van der Waals surface area contributed by atoms with E-state index in [2.05, 4.69) is 34.9 Å². The summed E-state index contributed by atoms with van der Waals surface area (Å²) < 4.78 is 5.59. The molecule has 4 rings (SSSR count). The number of carboxylic acids is 1. The van der Waals surface area contributed by atoms with Gasteiger partial charge in [-0.05, 0) is 46.9 Å². The van der Waals surface area contributed by atoms with Gasteiger partial charge in [0.2, 0.25) is 5.91 Å². The highest BCUT2D eigenvalue weighted by Crippen LogP contribution is 2.44. The molecule has 2 aromatic rings. The Hall–Kier alpha value is -3.35. The third kappa shape index (κ3) is 4.93. The number of hydrogen-bond donors (Lipinski definition) is 3. The molecule has 1 fully saturated rings. The molecule has 7 nitrogen and oxygen atoms in total. The summed E-state index contributed by atoms with van der Waals surface area (Å²) in [6.07, 6.45) is 1.63. The molecule has 0 heterocycles. The number of amides is 2. The van der Waals surface area contributed by atoms with E-state index < -0.39 is 24.0 Å². The van der Waals surface area contributed by atoms with Crippen LogP contribution in [0.2, 0.25) is 0 Å². The van der Waals surface area contributed by atoms with Crippen LogP contribution in [0, 0.1) is 17.8 Å². The van der Waals surface area contributed by atoms with Crippen LogP contribution in [0.4, 0.5) is 4.79 Å². The summed E-state index contributed by atoms with van der Waals surface area (Å²) in [4.78, 5) is 36.9. The molecule has 0 bridgehead atoms. The van der Waals surface area contributed by atoms with E-state index in [9.17, 15) is 19.5 Å². The van der Waals surface area contributed by atoms with Crippen molar-refractivity contribution in [2.45, 2.75) is 45.1 Å². The first kappa shape index (κ1) is 23.8. The Morgan fingerprint density at radius 2 is 1.62 bits per heavy atom. The maximum absolute atomic E-state index is 12.8. The van der Waals surface area contributed by atoms with Crippen molar-refractivity contribution >= 4 is 18.0 Å². The molecule has 3 atom stereocenters. The van der Waals surface area contributed by atoms with Crippen molar-refractivity contribution in [1.82, 2.24) is 10.6 Å². The minimum absolute atomic E-state index is 0.0557. The highest BCUT2D eigenvalue weighted by Gasteiger charge is 2.34. The number of hydrogen-bond acceptors (Lipinski definition) is 4. The normalized spacial score (nSPS) is 19.9.